The number of hydrogen-bond donors (Lipinski definition) is 4. The van der Waals surface area contributed by atoms with Crippen molar-refractivity contribution in [2.45, 2.75) is 12.5 Å². The number of nitrogens with zero attached hydrogens (tertiary/aromatic N) is 4. The van der Waals surface area contributed by atoms with Crippen LogP contribution in [-0.4, -0.2) is 55.4 Å². The molecule has 9 nitrogen and oxygen atoms in total. The van der Waals surface area contributed by atoms with E-state index < -0.39 is 0 Å². The fraction of sp³-hybridized carbons (Fsp3) is 0.200. The Bertz CT molecular complexity index is 1130. The number of fused-ring (bicyclic) bond motifs is 1. The Morgan fingerprint density at radius 3 is 2.90 bits per heavy atom. The Labute approximate surface area is 165 Å². The highest BCUT2D eigenvalue weighted by Gasteiger charge is 2.21. The number of aromatic amines is 2. The van der Waals surface area contributed by atoms with Crippen molar-refractivity contribution >= 4 is 28.6 Å². The summed E-state index contributed by atoms with van der Waals surface area (Å²) in [6, 6.07) is 13.0. The third kappa shape index (κ3) is 3.43. The first kappa shape index (κ1) is 17.4. The summed E-state index contributed by atoms with van der Waals surface area (Å²) in [6.07, 6.45) is 1.94. The van der Waals surface area contributed by atoms with Crippen molar-refractivity contribution in [1.82, 2.24) is 25.1 Å². The van der Waals surface area contributed by atoms with E-state index >= 15 is 0 Å². The fourth-order valence-electron chi connectivity index (χ4n) is 3.43. The van der Waals surface area contributed by atoms with Crippen LogP contribution in [0.25, 0.3) is 22.6 Å². The van der Waals surface area contributed by atoms with Crippen molar-refractivity contribution in [3.8, 4) is 11.5 Å². The maximum atomic E-state index is 12.5. The Morgan fingerprint density at radius 2 is 2.14 bits per heavy atom. The molecule has 1 fully saturated rings. The Balaban J connectivity index is 1.28. The Morgan fingerprint density at radius 1 is 1.24 bits per heavy atom. The van der Waals surface area contributed by atoms with Gasteiger partial charge in [0.15, 0.2) is 11.6 Å². The summed E-state index contributed by atoms with van der Waals surface area (Å²) in [5.41, 5.74) is 2.90. The number of para-hydroxylation sites is 2. The molecule has 1 amide bonds. The zero-order valence-corrected chi connectivity index (χ0v) is 15.5. The van der Waals surface area contributed by atoms with Gasteiger partial charge in [-0.3, -0.25) is 9.89 Å². The quantitative estimate of drug-likeness (QED) is 0.424. The van der Waals surface area contributed by atoms with E-state index in [4.69, 9.17) is 0 Å². The van der Waals surface area contributed by atoms with Crippen molar-refractivity contribution in [2.75, 3.05) is 23.3 Å². The van der Waals surface area contributed by atoms with Crippen LogP contribution in [0.3, 0.4) is 0 Å². The molecule has 9 heteroatoms. The molecular weight excluding hydrogens is 370 g/mol. The molecule has 0 saturated carbocycles. The number of rotatable bonds is 4. The van der Waals surface area contributed by atoms with Gasteiger partial charge < -0.3 is 20.3 Å². The second kappa shape index (κ2) is 7.02. The minimum Gasteiger partial charge on any atom is -0.391 e. The summed E-state index contributed by atoms with van der Waals surface area (Å²) >= 11 is 0. The van der Waals surface area contributed by atoms with Crippen LogP contribution >= 0.6 is 0 Å². The first-order chi connectivity index (χ1) is 14.2. The number of benzene rings is 1. The van der Waals surface area contributed by atoms with Gasteiger partial charge in [0.1, 0.15) is 11.5 Å². The van der Waals surface area contributed by atoms with Crippen LogP contribution in [0.15, 0.2) is 48.7 Å². The summed E-state index contributed by atoms with van der Waals surface area (Å²) in [7, 11) is 0. The van der Waals surface area contributed by atoms with E-state index in [1.807, 2.05) is 29.2 Å². The molecule has 1 aliphatic heterocycles. The number of carbonyl (C=O) groups excluding carboxylic acids is 1. The van der Waals surface area contributed by atoms with Crippen molar-refractivity contribution in [3.05, 3.63) is 54.2 Å². The lowest BCUT2D eigenvalue weighted by molar-refractivity contribution is 0.102. The van der Waals surface area contributed by atoms with Gasteiger partial charge in [-0.2, -0.15) is 5.10 Å². The van der Waals surface area contributed by atoms with E-state index in [0.29, 0.717) is 29.4 Å². The number of pyridine rings is 1. The zero-order valence-electron chi connectivity index (χ0n) is 15.5. The van der Waals surface area contributed by atoms with Crippen molar-refractivity contribution < 1.29 is 9.90 Å². The van der Waals surface area contributed by atoms with Crippen molar-refractivity contribution in [3.63, 3.8) is 0 Å². The first-order valence-corrected chi connectivity index (χ1v) is 9.37. The number of nitrogens with one attached hydrogen (secondary N) is 3. The molecule has 1 aliphatic rings. The molecule has 3 aromatic heterocycles. The van der Waals surface area contributed by atoms with Gasteiger partial charge in [0.25, 0.3) is 5.91 Å². The number of carbonyl (C=O) groups is 1. The number of aromatic nitrogens is 5. The van der Waals surface area contributed by atoms with Gasteiger partial charge in [-0.15, -0.1) is 0 Å². The number of anilines is 2. The lowest BCUT2D eigenvalue weighted by atomic mass is 10.2. The first-order valence-electron chi connectivity index (χ1n) is 9.37. The number of imidazole rings is 1. The van der Waals surface area contributed by atoms with Gasteiger partial charge in [-0.25, -0.2) is 9.97 Å². The van der Waals surface area contributed by atoms with Crippen LogP contribution in [0.4, 0.5) is 11.6 Å². The molecule has 29 heavy (non-hydrogen) atoms. The van der Waals surface area contributed by atoms with Gasteiger partial charge >= 0.3 is 0 Å². The highest BCUT2D eigenvalue weighted by Crippen LogP contribution is 2.21. The molecule has 1 atom stereocenters. The third-order valence-electron chi connectivity index (χ3n) is 4.96. The summed E-state index contributed by atoms with van der Waals surface area (Å²) < 4.78 is 0. The van der Waals surface area contributed by atoms with Crippen LogP contribution in [0, 0.1) is 0 Å². The average molecular weight is 389 g/mol. The highest BCUT2D eigenvalue weighted by molar-refractivity contribution is 6.03. The molecule has 1 saturated heterocycles. The average Bonchev–Trinajstić information content (AvgIpc) is 3.47. The van der Waals surface area contributed by atoms with E-state index in [0.717, 1.165) is 29.8 Å². The highest BCUT2D eigenvalue weighted by atomic mass is 16.3. The number of hydrogen-bond acceptors (Lipinski definition) is 6. The second-order valence-electron chi connectivity index (χ2n) is 7.02. The molecule has 0 aliphatic carbocycles. The lowest BCUT2D eigenvalue weighted by Crippen LogP contribution is -2.22. The van der Waals surface area contributed by atoms with Crippen molar-refractivity contribution in [1.29, 1.82) is 0 Å². The molecule has 5 rings (SSSR count). The number of β-amino-alcohol motifs (C(OH)–C–C–N with tert-alkyl or cyclic N) is 1. The number of aliphatic hydroxyl groups is 1. The zero-order chi connectivity index (χ0) is 19.8. The monoisotopic (exact) mass is 389 g/mol. The topological polar surface area (TPSA) is 123 Å². The summed E-state index contributed by atoms with van der Waals surface area (Å²) in [5.74, 6) is 1.51. The maximum absolute atomic E-state index is 12.5. The molecule has 0 radical (unpaired) electrons. The standard InChI is InChI=1S/C20H19N7O2/c28-13-7-8-27(11-13)18-6-5-12(10-21-18)20(29)24-17-9-16(25-26-17)19-22-14-3-1-2-4-15(14)23-19/h1-6,9-10,13,28H,7-8,11H2,(H,22,23)(H2,24,25,26,29)/t13-/m0/s1. The Hall–Kier alpha value is -3.72. The minimum atomic E-state index is -0.319. The molecule has 4 heterocycles. The van der Waals surface area contributed by atoms with Crippen LogP contribution in [0.2, 0.25) is 0 Å². The fourth-order valence-corrected chi connectivity index (χ4v) is 3.43. The molecule has 4 aromatic rings. The van der Waals surface area contributed by atoms with E-state index in [-0.39, 0.29) is 12.0 Å². The summed E-state index contributed by atoms with van der Waals surface area (Å²) in [4.78, 5) is 26.6. The normalized spacial score (nSPS) is 16.4. The molecule has 1 aromatic carbocycles. The van der Waals surface area contributed by atoms with Gasteiger partial charge in [-0.1, -0.05) is 12.1 Å². The molecule has 4 N–H and O–H groups in total. The van der Waals surface area contributed by atoms with Gasteiger partial charge in [-0.05, 0) is 30.7 Å². The van der Waals surface area contributed by atoms with E-state index in [2.05, 4.69) is 30.5 Å². The van der Waals surface area contributed by atoms with E-state index in [1.165, 1.54) is 6.20 Å². The summed E-state index contributed by atoms with van der Waals surface area (Å²) in [5, 5.41) is 19.4. The number of H-pyrrole nitrogens is 2. The largest absolute Gasteiger partial charge is 0.391 e. The van der Waals surface area contributed by atoms with Crippen LogP contribution in [0.1, 0.15) is 16.8 Å². The SMILES string of the molecule is O=C(Nc1cc(-c2nc3ccccc3[nH]2)[nH]n1)c1ccc(N2CC[C@H](O)C2)nc1. The molecular formula is C20H19N7O2. The Kier molecular flexibility index (Phi) is 4.21. The number of aliphatic hydroxyl groups excluding tert-OH is 1. The summed E-state index contributed by atoms with van der Waals surface area (Å²) in [6.45, 7) is 1.33. The predicted molar refractivity (Wildman–Crippen MR) is 109 cm³/mol. The minimum absolute atomic E-state index is 0.298. The third-order valence-corrected chi connectivity index (χ3v) is 4.96. The lowest BCUT2D eigenvalue weighted by Gasteiger charge is -2.16. The van der Waals surface area contributed by atoms with E-state index in [9.17, 15) is 9.90 Å². The number of amides is 1. The van der Waals surface area contributed by atoms with E-state index in [1.54, 1.807) is 18.2 Å². The molecule has 0 unspecified atom stereocenters. The maximum Gasteiger partial charge on any atom is 0.258 e. The smallest absolute Gasteiger partial charge is 0.258 e. The van der Waals surface area contributed by atoms with Gasteiger partial charge in [0, 0.05) is 25.4 Å². The predicted octanol–water partition coefficient (Wildman–Crippen LogP) is 2.17. The second-order valence-corrected chi connectivity index (χ2v) is 7.02. The molecule has 0 spiro atoms. The van der Waals surface area contributed by atoms with Crippen LogP contribution < -0.4 is 10.2 Å². The van der Waals surface area contributed by atoms with Crippen LogP contribution in [-0.2, 0) is 0 Å². The van der Waals surface area contributed by atoms with Crippen molar-refractivity contribution in [2.24, 2.45) is 0 Å². The van der Waals surface area contributed by atoms with Crippen LogP contribution in [0.5, 0.6) is 0 Å². The van der Waals surface area contributed by atoms with Gasteiger partial charge in [0.2, 0.25) is 0 Å². The van der Waals surface area contributed by atoms with Gasteiger partial charge in [0.05, 0.1) is 22.7 Å². The molecule has 0 bridgehead atoms. The molecule has 146 valence electrons.